The molecular weight excluding hydrogens is 344 g/mol. The van der Waals surface area contributed by atoms with Gasteiger partial charge >= 0.3 is 5.97 Å². The fourth-order valence-corrected chi connectivity index (χ4v) is 3.50. The van der Waals surface area contributed by atoms with Crippen molar-refractivity contribution in [2.24, 2.45) is 0 Å². The minimum atomic E-state index is -0.811. The third-order valence-electron chi connectivity index (χ3n) is 4.97. The highest BCUT2D eigenvalue weighted by molar-refractivity contribution is 5.96. The second-order valence-electron chi connectivity index (χ2n) is 6.79. The number of esters is 1. The predicted molar refractivity (Wildman–Crippen MR) is 99.2 cm³/mol. The summed E-state index contributed by atoms with van der Waals surface area (Å²) < 4.78 is 5.27. The van der Waals surface area contributed by atoms with Crippen molar-refractivity contribution in [3.05, 3.63) is 65.2 Å². The molecule has 2 aromatic carbocycles. The largest absolute Gasteiger partial charge is 0.448 e. The van der Waals surface area contributed by atoms with Gasteiger partial charge in [-0.2, -0.15) is 0 Å². The van der Waals surface area contributed by atoms with Crippen LogP contribution in [0, 0.1) is 0 Å². The molecule has 2 aliphatic heterocycles. The van der Waals surface area contributed by atoms with E-state index in [0.29, 0.717) is 24.9 Å². The van der Waals surface area contributed by atoms with Crippen molar-refractivity contribution in [1.29, 1.82) is 0 Å². The van der Waals surface area contributed by atoms with Crippen LogP contribution in [-0.2, 0) is 27.3 Å². The smallest absolute Gasteiger partial charge is 0.339 e. The number of hydrogen-bond acceptors (Lipinski definition) is 4. The number of amides is 2. The molecule has 2 heterocycles. The topological polar surface area (TPSA) is 75.7 Å². The first-order valence-electron chi connectivity index (χ1n) is 9.08. The van der Waals surface area contributed by atoms with Crippen molar-refractivity contribution in [2.75, 3.05) is 11.4 Å². The number of hydrogen-bond donors (Lipinski definition) is 1. The quantitative estimate of drug-likeness (QED) is 0.844. The van der Waals surface area contributed by atoms with Crippen LogP contribution in [-0.4, -0.2) is 30.4 Å². The van der Waals surface area contributed by atoms with Gasteiger partial charge in [0, 0.05) is 31.6 Å². The Morgan fingerprint density at radius 2 is 1.89 bits per heavy atom. The molecule has 6 heteroatoms. The first kappa shape index (κ1) is 17.3. The highest BCUT2D eigenvalue weighted by Gasteiger charge is 2.30. The van der Waals surface area contributed by atoms with Crippen LogP contribution in [0.1, 0.15) is 34.3 Å². The zero-order valence-electron chi connectivity index (χ0n) is 14.8. The summed E-state index contributed by atoms with van der Waals surface area (Å²) in [4.78, 5) is 38.0. The second kappa shape index (κ2) is 7.23. The number of rotatable bonds is 4. The number of anilines is 1. The lowest BCUT2D eigenvalue weighted by atomic mass is 9.98. The van der Waals surface area contributed by atoms with Gasteiger partial charge in [-0.25, -0.2) is 4.79 Å². The summed E-state index contributed by atoms with van der Waals surface area (Å²) in [5, 5.41) is 2.82. The lowest BCUT2D eigenvalue weighted by Crippen LogP contribution is -2.41. The summed E-state index contributed by atoms with van der Waals surface area (Å²) in [5.41, 5.74) is 3.15. The summed E-state index contributed by atoms with van der Waals surface area (Å²) in [6.45, 7) is 1.09. The Kier molecular flexibility index (Phi) is 4.62. The molecule has 0 saturated carbocycles. The SMILES string of the molecule is O=C1OC(C(=O)NCc2ccc(N3CCCC3=O)cc2)Cc2ccccc21. The summed E-state index contributed by atoms with van der Waals surface area (Å²) in [7, 11) is 0. The van der Waals surface area contributed by atoms with Crippen molar-refractivity contribution in [2.45, 2.75) is 31.9 Å². The molecule has 0 aromatic heterocycles. The molecule has 1 N–H and O–H groups in total. The molecule has 0 bridgehead atoms. The van der Waals surface area contributed by atoms with E-state index in [1.807, 2.05) is 36.4 Å². The van der Waals surface area contributed by atoms with Gasteiger partial charge in [0.1, 0.15) is 0 Å². The highest BCUT2D eigenvalue weighted by atomic mass is 16.5. The Morgan fingerprint density at radius 3 is 2.63 bits per heavy atom. The van der Waals surface area contributed by atoms with Crippen molar-refractivity contribution >= 4 is 23.5 Å². The van der Waals surface area contributed by atoms with Crippen LogP contribution in [0.3, 0.4) is 0 Å². The Balaban J connectivity index is 1.36. The molecule has 1 atom stereocenters. The van der Waals surface area contributed by atoms with E-state index in [9.17, 15) is 14.4 Å². The van der Waals surface area contributed by atoms with Crippen molar-refractivity contribution in [1.82, 2.24) is 5.32 Å². The third kappa shape index (κ3) is 3.56. The molecule has 1 fully saturated rings. The van der Waals surface area contributed by atoms with Crippen LogP contribution in [0.4, 0.5) is 5.69 Å². The van der Waals surface area contributed by atoms with E-state index in [0.717, 1.165) is 29.8 Å². The number of cyclic esters (lactones) is 1. The lowest BCUT2D eigenvalue weighted by Gasteiger charge is -2.23. The molecule has 1 saturated heterocycles. The first-order valence-corrected chi connectivity index (χ1v) is 9.08. The van der Waals surface area contributed by atoms with Crippen LogP contribution in [0.15, 0.2) is 48.5 Å². The first-order chi connectivity index (χ1) is 13.1. The molecule has 27 heavy (non-hydrogen) atoms. The van der Waals surface area contributed by atoms with Gasteiger partial charge in [0.2, 0.25) is 5.91 Å². The van der Waals surface area contributed by atoms with Crippen molar-refractivity contribution in [3.8, 4) is 0 Å². The maximum atomic E-state index is 12.4. The number of fused-ring (bicyclic) bond motifs is 1. The average molecular weight is 364 g/mol. The van der Waals surface area contributed by atoms with Gasteiger partial charge in [-0.15, -0.1) is 0 Å². The number of benzene rings is 2. The average Bonchev–Trinajstić information content (AvgIpc) is 3.12. The van der Waals surface area contributed by atoms with Crippen molar-refractivity contribution < 1.29 is 19.1 Å². The minimum absolute atomic E-state index is 0.149. The van der Waals surface area contributed by atoms with Crippen LogP contribution in [0.2, 0.25) is 0 Å². The fraction of sp³-hybridized carbons (Fsp3) is 0.286. The van der Waals surface area contributed by atoms with E-state index in [4.69, 9.17) is 4.74 Å². The van der Waals surface area contributed by atoms with Gasteiger partial charge in [-0.05, 0) is 35.7 Å². The molecule has 0 radical (unpaired) electrons. The molecular formula is C21H20N2O4. The molecule has 138 valence electrons. The Bertz CT molecular complexity index is 891. The number of ether oxygens (including phenoxy) is 1. The summed E-state index contributed by atoms with van der Waals surface area (Å²) in [5.74, 6) is -0.622. The summed E-state index contributed by atoms with van der Waals surface area (Å²) in [6, 6.07) is 14.7. The molecule has 4 rings (SSSR count). The van der Waals surface area contributed by atoms with Gasteiger partial charge < -0.3 is 15.0 Å². The molecule has 2 aliphatic rings. The molecule has 2 amide bonds. The zero-order chi connectivity index (χ0) is 18.8. The van der Waals surface area contributed by atoms with Crippen LogP contribution in [0.25, 0.3) is 0 Å². The van der Waals surface area contributed by atoms with Crippen LogP contribution < -0.4 is 10.2 Å². The van der Waals surface area contributed by atoms with Gasteiger partial charge in [-0.3, -0.25) is 9.59 Å². The third-order valence-corrected chi connectivity index (χ3v) is 4.97. The Hall–Kier alpha value is -3.15. The van der Waals surface area contributed by atoms with Gasteiger partial charge in [0.15, 0.2) is 6.10 Å². The highest BCUT2D eigenvalue weighted by Crippen LogP contribution is 2.22. The fourth-order valence-electron chi connectivity index (χ4n) is 3.50. The summed E-state index contributed by atoms with van der Waals surface area (Å²) in [6.07, 6.45) is 1.05. The van der Waals surface area contributed by atoms with E-state index < -0.39 is 12.1 Å². The van der Waals surface area contributed by atoms with Gasteiger partial charge in [0.25, 0.3) is 5.91 Å². The van der Waals surface area contributed by atoms with E-state index in [2.05, 4.69) is 5.32 Å². The normalized spacial score (nSPS) is 18.8. The van der Waals surface area contributed by atoms with Gasteiger partial charge in [0.05, 0.1) is 5.56 Å². The Labute approximate surface area is 157 Å². The van der Waals surface area contributed by atoms with E-state index in [1.165, 1.54) is 0 Å². The van der Waals surface area contributed by atoms with E-state index in [-0.39, 0.29) is 11.8 Å². The number of carbonyl (C=O) groups excluding carboxylic acids is 3. The van der Waals surface area contributed by atoms with Gasteiger partial charge in [-0.1, -0.05) is 30.3 Å². The Morgan fingerprint density at radius 1 is 1.11 bits per heavy atom. The van der Waals surface area contributed by atoms with E-state index >= 15 is 0 Å². The molecule has 0 spiro atoms. The minimum Gasteiger partial charge on any atom is -0.448 e. The zero-order valence-corrected chi connectivity index (χ0v) is 14.8. The van der Waals surface area contributed by atoms with Crippen molar-refractivity contribution in [3.63, 3.8) is 0 Å². The molecule has 0 aliphatic carbocycles. The molecule has 1 unspecified atom stereocenters. The maximum absolute atomic E-state index is 12.4. The lowest BCUT2D eigenvalue weighted by molar-refractivity contribution is -0.130. The number of nitrogens with zero attached hydrogens (tertiary/aromatic N) is 1. The number of nitrogens with one attached hydrogen (secondary N) is 1. The standard InChI is InChI=1S/C21H20N2O4/c24-19-6-3-11-23(19)16-9-7-14(8-10-16)13-22-20(25)18-12-15-4-1-2-5-17(15)21(26)27-18/h1-2,4-5,7-10,18H,3,6,11-13H2,(H,22,25). The molecule has 6 nitrogen and oxygen atoms in total. The monoisotopic (exact) mass is 364 g/mol. The van der Waals surface area contributed by atoms with E-state index in [1.54, 1.807) is 17.0 Å². The van der Waals surface area contributed by atoms with Crippen LogP contribution in [0.5, 0.6) is 0 Å². The number of carbonyl (C=O) groups is 3. The summed E-state index contributed by atoms with van der Waals surface area (Å²) >= 11 is 0. The van der Waals surface area contributed by atoms with Crippen LogP contribution >= 0.6 is 0 Å². The second-order valence-corrected chi connectivity index (χ2v) is 6.79. The molecule has 2 aromatic rings. The maximum Gasteiger partial charge on any atom is 0.339 e. The predicted octanol–water partition coefficient (Wildman–Crippen LogP) is 2.21.